The van der Waals surface area contributed by atoms with Gasteiger partial charge in [-0.1, -0.05) is 15.9 Å². The summed E-state index contributed by atoms with van der Waals surface area (Å²) in [7, 11) is 1.14. The number of benzene rings is 1. The van der Waals surface area contributed by atoms with Gasteiger partial charge in [-0.25, -0.2) is 4.79 Å². The Bertz CT molecular complexity index is 583. The van der Waals surface area contributed by atoms with Crippen molar-refractivity contribution in [2.24, 2.45) is 0 Å². The van der Waals surface area contributed by atoms with E-state index in [0.29, 0.717) is 10.9 Å². The van der Waals surface area contributed by atoms with Crippen molar-refractivity contribution in [2.45, 2.75) is 12.2 Å². The molecule has 0 aliphatic rings. The Morgan fingerprint density at radius 3 is 2.89 bits per heavy atom. The number of nitrogens with one attached hydrogen (secondary N) is 1. The molecule has 0 radical (unpaired) electrons. The molecule has 2 rings (SSSR count). The maximum atomic E-state index is 11.2. The number of fused-ring (bicyclic) bond motifs is 1. The SMILES string of the molecule is COC(=O)C(O)C(O)c1[nH]nc2cc(Br)ccc12. The Kier molecular flexibility index (Phi) is 3.65. The number of rotatable bonds is 3. The van der Waals surface area contributed by atoms with Gasteiger partial charge in [0, 0.05) is 9.86 Å². The summed E-state index contributed by atoms with van der Waals surface area (Å²) in [5, 5.41) is 26.7. The second kappa shape index (κ2) is 5.05. The van der Waals surface area contributed by atoms with E-state index in [1.54, 1.807) is 18.2 Å². The first-order valence-electron chi connectivity index (χ1n) is 5.12. The van der Waals surface area contributed by atoms with E-state index >= 15 is 0 Å². The molecule has 18 heavy (non-hydrogen) atoms. The fourth-order valence-corrected chi connectivity index (χ4v) is 1.99. The Labute approximate surface area is 111 Å². The van der Waals surface area contributed by atoms with E-state index in [1.807, 2.05) is 0 Å². The second-order valence-corrected chi connectivity index (χ2v) is 4.63. The highest BCUT2D eigenvalue weighted by atomic mass is 79.9. The second-order valence-electron chi connectivity index (χ2n) is 3.71. The number of methoxy groups -OCH3 is 1. The van der Waals surface area contributed by atoms with Gasteiger partial charge in [0.15, 0.2) is 6.10 Å². The van der Waals surface area contributed by atoms with Gasteiger partial charge in [0.2, 0.25) is 0 Å². The number of H-pyrrole nitrogens is 1. The van der Waals surface area contributed by atoms with E-state index in [2.05, 4.69) is 30.9 Å². The van der Waals surface area contributed by atoms with Crippen LogP contribution >= 0.6 is 15.9 Å². The average Bonchev–Trinajstić information content (AvgIpc) is 2.78. The molecular weight excluding hydrogens is 304 g/mol. The van der Waals surface area contributed by atoms with Crippen LogP contribution in [0.15, 0.2) is 22.7 Å². The topological polar surface area (TPSA) is 95.4 Å². The van der Waals surface area contributed by atoms with Crippen LogP contribution in [0, 0.1) is 0 Å². The smallest absolute Gasteiger partial charge is 0.337 e. The predicted molar refractivity (Wildman–Crippen MR) is 66.8 cm³/mol. The van der Waals surface area contributed by atoms with Crippen LogP contribution in [0.1, 0.15) is 11.8 Å². The maximum Gasteiger partial charge on any atom is 0.337 e. The molecule has 0 aliphatic heterocycles. The molecule has 96 valence electrons. The number of hydrogen-bond acceptors (Lipinski definition) is 5. The van der Waals surface area contributed by atoms with E-state index in [1.165, 1.54) is 0 Å². The number of hydrogen-bond donors (Lipinski definition) is 3. The molecule has 3 N–H and O–H groups in total. The first-order valence-corrected chi connectivity index (χ1v) is 5.91. The van der Waals surface area contributed by atoms with E-state index in [-0.39, 0.29) is 5.69 Å². The third kappa shape index (κ3) is 2.24. The Morgan fingerprint density at radius 1 is 1.50 bits per heavy atom. The van der Waals surface area contributed by atoms with Crippen molar-refractivity contribution in [1.29, 1.82) is 0 Å². The van der Waals surface area contributed by atoms with Gasteiger partial charge in [-0.2, -0.15) is 5.10 Å². The Balaban J connectivity index is 2.39. The molecule has 7 heteroatoms. The van der Waals surface area contributed by atoms with Crippen LogP contribution in [0.25, 0.3) is 10.9 Å². The van der Waals surface area contributed by atoms with E-state index < -0.39 is 18.2 Å². The van der Waals surface area contributed by atoms with Gasteiger partial charge in [0.05, 0.1) is 18.3 Å². The highest BCUT2D eigenvalue weighted by Gasteiger charge is 2.29. The van der Waals surface area contributed by atoms with Gasteiger partial charge < -0.3 is 14.9 Å². The zero-order valence-electron chi connectivity index (χ0n) is 9.42. The fraction of sp³-hybridized carbons (Fsp3) is 0.273. The third-order valence-electron chi connectivity index (χ3n) is 2.58. The van der Waals surface area contributed by atoms with Crippen molar-refractivity contribution in [3.05, 3.63) is 28.4 Å². The summed E-state index contributed by atoms with van der Waals surface area (Å²) in [4.78, 5) is 11.2. The molecule has 0 bridgehead atoms. The van der Waals surface area contributed by atoms with Gasteiger partial charge >= 0.3 is 5.97 Å². The molecule has 1 aromatic heterocycles. The number of aliphatic hydroxyl groups is 2. The summed E-state index contributed by atoms with van der Waals surface area (Å²) in [5.74, 6) is -0.901. The standard InChI is InChI=1S/C11H11BrN2O4/c1-18-11(17)10(16)9(15)8-6-3-2-5(12)4-7(6)13-14-8/h2-4,9-10,15-16H,1H3,(H,13,14). The number of esters is 1. The Morgan fingerprint density at radius 2 is 2.22 bits per heavy atom. The zero-order chi connectivity index (χ0) is 13.3. The first kappa shape index (κ1) is 13.0. The molecular formula is C11H11BrN2O4. The van der Waals surface area contributed by atoms with Gasteiger partial charge in [-0.3, -0.25) is 5.10 Å². The van der Waals surface area contributed by atoms with Crippen LogP contribution in [-0.2, 0) is 9.53 Å². The molecule has 1 aromatic carbocycles. The molecule has 2 aromatic rings. The lowest BCUT2D eigenvalue weighted by Gasteiger charge is -2.14. The molecule has 1 heterocycles. The molecule has 0 fully saturated rings. The molecule has 2 atom stereocenters. The lowest BCUT2D eigenvalue weighted by Crippen LogP contribution is -2.29. The van der Waals surface area contributed by atoms with Crippen LogP contribution < -0.4 is 0 Å². The summed E-state index contributed by atoms with van der Waals surface area (Å²) in [5.41, 5.74) is 0.894. The van der Waals surface area contributed by atoms with Crippen molar-refractivity contribution >= 4 is 32.8 Å². The number of carbonyl (C=O) groups excluding carboxylic acids is 1. The van der Waals surface area contributed by atoms with Crippen LogP contribution in [0.2, 0.25) is 0 Å². The van der Waals surface area contributed by atoms with Gasteiger partial charge in [-0.15, -0.1) is 0 Å². The minimum Gasteiger partial charge on any atom is -0.467 e. The van der Waals surface area contributed by atoms with Crippen LogP contribution in [0.4, 0.5) is 0 Å². The van der Waals surface area contributed by atoms with Crippen LogP contribution in [-0.4, -0.2) is 39.6 Å². The van der Waals surface area contributed by atoms with E-state index in [9.17, 15) is 15.0 Å². The molecule has 0 aliphatic carbocycles. The first-order chi connectivity index (χ1) is 8.54. The summed E-state index contributed by atoms with van der Waals surface area (Å²) >= 11 is 3.30. The van der Waals surface area contributed by atoms with Gasteiger partial charge in [0.1, 0.15) is 6.10 Å². The van der Waals surface area contributed by atoms with Crippen LogP contribution in [0.3, 0.4) is 0 Å². The summed E-state index contributed by atoms with van der Waals surface area (Å²) in [6.07, 6.45) is -3.06. The van der Waals surface area contributed by atoms with Crippen molar-refractivity contribution in [2.75, 3.05) is 7.11 Å². The normalized spacial score (nSPS) is 14.4. The lowest BCUT2D eigenvalue weighted by molar-refractivity contribution is -0.156. The number of ether oxygens (including phenoxy) is 1. The number of halogens is 1. The number of aromatic amines is 1. The Hall–Kier alpha value is -1.44. The summed E-state index contributed by atoms with van der Waals surface area (Å²) in [6.45, 7) is 0. The van der Waals surface area contributed by atoms with E-state index in [4.69, 9.17) is 0 Å². The van der Waals surface area contributed by atoms with Crippen LogP contribution in [0.5, 0.6) is 0 Å². The molecule has 0 spiro atoms. The number of aromatic nitrogens is 2. The summed E-state index contributed by atoms with van der Waals surface area (Å²) in [6, 6.07) is 5.26. The third-order valence-corrected chi connectivity index (χ3v) is 3.08. The predicted octanol–water partition coefficient (Wildman–Crippen LogP) is 0.893. The molecule has 0 saturated heterocycles. The zero-order valence-corrected chi connectivity index (χ0v) is 11.0. The number of nitrogens with zero attached hydrogens (tertiary/aromatic N) is 1. The summed E-state index contributed by atoms with van der Waals surface area (Å²) < 4.78 is 5.22. The fourth-order valence-electron chi connectivity index (χ4n) is 1.64. The minimum atomic E-state index is -1.65. The highest BCUT2D eigenvalue weighted by molar-refractivity contribution is 9.10. The van der Waals surface area contributed by atoms with Crippen molar-refractivity contribution < 1.29 is 19.7 Å². The van der Waals surface area contributed by atoms with Crippen molar-refractivity contribution in [3.63, 3.8) is 0 Å². The monoisotopic (exact) mass is 314 g/mol. The number of carbonyl (C=O) groups is 1. The molecule has 2 unspecified atom stereocenters. The molecule has 0 amide bonds. The quantitative estimate of drug-likeness (QED) is 0.731. The number of aliphatic hydroxyl groups excluding tert-OH is 2. The largest absolute Gasteiger partial charge is 0.467 e. The van der Waals surface area contributed by atoms with E-state index in [0.717, 1.165) is 11.6 Å². The van der Waals surface area contributed by atoms with Gasteiger partial charge in [0.25, 0.3) is 0 Å². The minimum absolute atomic E-state index is 0.274. The molecule has 0 saturated carbocycles. The lowest BCUT2D eigenvalue weighted by atomic mass is 10.1. The van der Waals surface area contributed by atoms with Crippen molar-refractivity contribution in [3.8, 4) is 0 Å². The maximum absolute atomic E-state index is 11.2. The molecule has 6 nitrogen and oxygen atoms in total. The van der Waals surface area contributed by atoms with Gasteiger partial charge in [-0.05, 0) is 18.2 Å². The van der Waals surface area contributed by atoms with Crippen molar-refractivity contribution in [1.82, 2.24) is 10.2 Å². The average molecular weight is 315 g/mol. The highest BCUT2D eigenvalue weighted by Crippen LogP contribution is 2.26.